The van der Waals surface area contributed by atoms with Crippen molar-refractivity contribution in [2.24, 2.45) is 0 Å². The van der Waals surface area contributed by atoms with Crippen molar-refractivity contribution in [1.82, 2.24) is 0 Å². The second-order valence-corrected chi connectivity index (χ2v) is 5.27. The zero-order chi connectivity index (χ0) is 15.8. The van der Waals surface area contributed by atoms with Crippen molar-refractivity contribution >= 4 is 23.4 Å². The lowest BCUT2D eigenvalue weighted by atomic mass is 10.2. The van der Waals surface area contributed by atoms with Gasteiger partial charge in [-0.2, -0.15) is 0 Å². The van der Waals surface area contributed by atoms with E-state index >= 15 is 0 Å². The number of thioether (sulfide) groups is 1. The van der Waals surface area contributed by atoms with Crippen molar-refractivity contribution in [2.45, 2.75) is 4.90 Å². The Hall–Kier alpha value is -2.40. The maximum atomic E-state index is 11.9. The Labute approximate surface area is 134 Å². The molecule has 0 aliphatic heterocycles. The van der Waals surface area contributed by atoms with E-state index in [1.54, 1.807) is 37.8 Å². The number of methoxy groups -OCH3 is 2. The highest BCUT2D eigenvalue weighted by Gasteiger charge is 2.05. The van der Waals surface area contributed by atoms with Gasteiger partial charge in [-0.15, -0.1) is 0 Å². The van der Waals surface area contributed by atoms with Crippen molar-refractivity contribution in [3.05, 3.63) is 60.0 Å². The van der Waals surface area contributed by atoms with Gasteiger partial charge >= 0.3 is 0 Å². The first-order valence-electron chi connectivity index (χ1n) is 6.64. The van der Waals surface area contributed by atoms with Crippen LogP contribution in [-0.2, 0) is 4.79 Å². The molecule has 2 rings (SSSR count). The standard InChI is InChI=1S/C17H17NO3S/c1-20-15-9-8-13(12-16(15)21-2)18-17(19)10-11-22-14-6-4-3-5-7-14/h3-12H,1-2H3,(H,18,19). The van der Waals surface area contributed by atoms with Crippen molar-refractivity contribution in [1.29, 1.82) is 0 Å². The van der Waals surface area contributed by atoms with Crippen LogP contribution in [0.2, 0.25) is 0 Å². The van der Waals surface area contributed by atoms with Crippen LogP contribution in [0.4, 0.5) is 5.69 Å². The number of nitrogens with one attached hydrogen (secondary N) is 1. The molecule has 1 amide bonds. The van der Waals surface area contributed by atoms with E-state index in [-0.39, 0.29) is 5.91 Å². The summed E-state index contributed by atoms with van der Waals surface area (Å²) in [6, 6.07) is 15.1. The van der Waals surface area contributed by atoms with Gasteiger partial charge in [-0.25, -0.2) is 0 Å². The molecule has 5 heteroatoms. The molecule has 22 heavy (non-hydrogen) atoms. The minimum atomic E-state index is -0.198. The molecule has 0 unspecified atom stereocenters. The molecule has 0 aliphatic carbocycles. The molecule has 0 saturated carbocycles. The van der Waals surface area contributed by atoms with Crippen LogP contribution in [0.15, 0.2) is 64.9 Å². The number of ether oxygens (including phenoxy) is 2. The van der Waals surface area contributed by atoms with Gasteiger partial charge < -0.3 is 14.8 Å². The van der Waals surface area contributed by atoms with Crippen molar-refractivity contribution in [3.8, 4) is 11.5 Å². The van der Waals surface area contributed by atoms with Gasteiger partial charge in [0.15, 0.2) is 11.5 Å². The largest absolute Gasteiger partial charge is 0.493 e. The molecule has 0 radical (unpaired) electrons. The average Bonchev–Trinajstić information content (AvgIpc) is 2.55. The first-order chi connectivity index (χ1) is 10.7. The topological polar surface area (TPSA) is 47.6 Å². The van der Waals surface area contributed by atoms with Crippen LogP contribution in [0.25, 0.3) is 0 Å². The zero-order valence-electron chi connectivity index (χ0n) is 12.4. The van der Waals surface area contributed by atoms with Gasteiger partial charge in [0, 0.05) is 22.7 Å². The molecule has 0 aromatic heterocycles. The van der Waals surface area contributed by atoms with Crippen LogP contribution in [0.3, 0.4) is 0 Å². The zero-order valence-corrected chi connectivity index (χ0v) is 13.2. The summed E-state index contributed by atoms with van der Waals surface area (Å²) in [6.45, 7) is 0. The van der Waals surface area contributed by atoms with E-state index in [1.807, 2.05) is 30.3 Å². The second kappa shape index (κ2) is 8.14. The Morgan fingerprint density at radius 3 is 2.45 bits per heavy atom. The van der Waals surface area contributed by atoms with Crippen LogP contribution >= 0.6 is 11.8 Å². The summed E-state index contributed by atoms with van der Waals surface area (Å²) in [5.74, 6) is 0.995. The molecule has 0 fully saturated rings. The third-order valence-electron chi connectivity index (χ3n) is 2.82. The van der Waals surface area contributed by atoms with Gasteiger partial charge in [0.2, 0.25) is 5.91 Å². The van der Waals surface area contributed by atoms with Crippen LogP contribution in [0.5, 0.6) is 11.5 Å². The van der Waals surface area contributed by atoms with E-state index in [1.165, 1.54) is 17.8 Å². The quantitative estimate of drug-likeness (QED) is 0.648. The van der Waals surface area contributed by atoms with Crippen LogP contribution < -0.4 is 14.8 Å². The Morgan fingerprint density at radius 1 is 1.05 bits per heavy atom. The summed E-state index contributed by atoms with van der Waals surface area (Å²) >= 11 is 1.49. The van der Waals surface area contributed by atoms with Crippen LogP contribution in [-0.4, -0.2) is 20.1 Å². The maximum absolute atomic E-state index is 11.9. The number of rotatable bonds is 6. The van der Waals surface area contributed by atoms with Gasteiger partial charge in [-0.3, -0.25) is 4.79 Å². The number of hydrogen-bond acceptors (Lipinski definition) is 4. The number of hydrogen-bond donors (Lipinski definition) is 1. The number of carbonyl (C=O) groups excluding carboxylic acids is 1. The van der Waals surface area contributed by atoms with Gasteiger partial charge in [-0.05, 0) is 29.7 Å². The summed E-state index contributed by atoms with van der Waals surface area (Å²) < 4.78 is 10.4. The Bertz CT molecular complexity index is 656. The second-order valence-electron chi connectivity index (χ2n) is 4.29. The average molecular weight is 315 g/mol. The highest BCUT2D eigenvalue weighted by Crippen LogP contribution is 2.29. The van der Waals surface area contributed by atoms with E-state index in [9.17, 15) is 4.79 Å². The van der Waals surface area contributed by atoms with E-state index in [0.29, 0.717) is 17.2 Å². The molecule has 2 aromatic rings. The Balaban J connectivity index is 1.94. The minimum absolute atomic E-state index is 0.198. The maximum Gasteiger partial charge on any atom is 0.248 e. The molecule has 0 aliphatic rings. The normalized spacial score (nSPS) is 10.5. The first kappa shape index (κ1) is 16.0. The van der Waals surface area contributed by atoms with Crippen LogP contribution in [0, 0.1) is 0 Å². The molecule has 0 spiro atoms. The van der Waals surface area contributed by atoms with Gasteiger partial charge in [0.05, 0.1) is 14.2 Å². The lowest BCUT2D eigenvalue weighted by Gasteiger charge is -2.09. The third-order valence-corrected chi connectivity index (χ3v) is 3.63. The van der Waals surface area contributed by atoms with Gasteiger partial charge in [0.25, 0.3) is 0 Å². The molecule has 0 atom stereocenters. The molecular formula is C17H17NO3S. The molecule has 2 aromatic carbocycles. The number of carbonyl (C=O) groups is 1. The molecule has 1 N–H and O–H groups in total. The molecule has 114 valence electrons. The highest BCUT2D eigenvalue weighted by molar-refractivity contribution is 8.02. The fraction of sp³-hybridized carbons (Fsp3) is 0.118. The third kappa shape index (κ3) is 4.56. The Morgan fingerprint density at radius 2 is 1.77 bits per heavy atom. The molecular weight excluding hydrogens is 298 g/mol. The molecule has 0 bridgehead atoms. The van der Waals surface area contributed by atoms with E-state index in [4.69, 9.17) is 9.47 Å². The van der Waals surface area contributed by atoms with Crippen LogP contribution in [0.1, 0.15) is 0 Å². The monoisotopic (exact) mass is 315 g/mol. The van der Waals surface area contributed by atoms with Gasteiger partial charge in [0.1, 0.15) is 0 Å². The molecule has 4 nitrogen and oxygen atoms in total. The number of benzene rings is 2. The number of anilines is 1. The Kier molecular flexibility index (Phi) is 5.91. The smallest absolute Gasteiger partial charge is 0.248 e. The fourth-order valence-electron chi connectivity index (χ4n) is 1.77. The van der Waals surface area contributed by atoms with E-state index < -0.39 is 0 Å². The van der Waals surface area contributed by atoms with Crippen molar-refractivity contribution in [2.75, 3.05) is 19.5 Å². The number of amides is 1. The predicted molar refractivity (Wildman–Crippen MR) is 89.6 cm³/mol. The van der Waals surface area contributed by atoms with Crippen molar-refractivity contribution in [3.63, 3.8) is 0 Å². The van der Waals surface area contributed by atoms with Gasteiger partial charge in [-0.1, -0.05) is 30.0 Å². The summed E-state index contributed by atoms with van der Waals surface area (Å²) in [5, 5.41) is 4.53. The minimum Gasteiger partial charge on any atom is -0.493 e. The summed E-state index contributed by atoms with van der Waals surface area (Å²) in [5.41, 5.74) is 0.650. The molecule has 0 saturated heterocycles. The predicted octanol–water partition coefficient (Wildman–Crippen LogP) is 3.95. The van der Waals surface area contributed by atoms with Crippen molar-refractivity contribution < 1.29 is 14.3 Å². The summed E-state index contributed by atoms with van der Waals surface area (Å²) in [4.78, 5) is 13.0. The fourth-order valence-corrected chi connectivity index (χ4v) is 2.43. The summed E-state index contributed by atoms with van der Waals surface area (Å²) in [6.07, 6.45) is 1.49. The summed E-state index contributed by atoms with van der Waals surface area (Å²) in [7, 11) is 3.12. The van der Waals surface area contributed by atoms with E-state index in [0.717, 1.165) is 4.90 Å². The SMILES string of the molecule is COc1ccc(NC(=O)C=CSc2ccccc2)cc1OC. The lowest BCUT2D eigenvalue weighted by Crippen LogP contribution is -2.07. The first-order valence-corrected chi connectivity index (χ1v) is 7.52. The molecule has 0 heterocycles. The van der Waals surface area contributed by atoms with E-state index in [2.05, 4.69) is 5.32 Å². The lowest BCUT2D eigenvalue weighted by molar-refractivity contribution is -0.111. The highest BCUT2D eigenvalue weighted by atomic mass is 32.2.